The van der Waals surface area contributed by atoms with Crippen LogP contribution in [0.25, 0.3) is 0 Å². The van der Waals surface area contributed by atoms with E-state index in [9.17, 15) is 14.9 Å². The first-order valence-electron chi connectivity index (χ1n) is 6.95. The van der Waals surface area contributed by atoms with Crippen molar-refractivity contribution in [2.45, 2.75) is 19.3 Å². The zero-order chi connectivity index (χ0) is 15.5. The van der Waals surface area contributed by atoms with Crippen molar-refractivity contribution < 1.29 is 14.5 Å². The van der Waals surface area contributed by atoms with E-state index in [0.717, 1.165) is 19.3 Å². The van der Waals surface area contributed by atoms with E-state index >= 15 is 0 Å². The largest absolute Gasteiger partial charge is 0.457 e. The number of ether oxygens (including phenoxy) is 1. The quantitative estimate of drug-likeness (QED) is 0.521. The van der Waals surface area contributed by atoms with Crippen molar-refractivity contribution >= 4 is 17.8 Å². The summed E-state index contributed by atoms with van der Waals surface area (Å²) in [6.07, 6.45) is 3.72. The maximum Gasteiger partial charge on any atom is 0.275 e. The molecule has 6 heteroatoms. The first-order valence-corrected chi connectivity index (χ1v) is 6.95. The zero-order valence-corrected chi connectivity index (χ0v) is 11.7. The fraction of sp³-hybridized carbons (Fsp3) is 0.188. The van der Waals surface area contributed by atoms with E-state index in [1.807, 2.05) is 18.2 Å². The standard InChI is InChI=1S/C16H14N2O4/c19-10-17-13-7-14(18(20)21)9-16(8-13)22-15-5-4-11-2-1-3-12(11)6-15/h4-10H,1-3H2,(H,17,19). The molecule has 1 N–H and O–H groups in total. The number of hydrogen-bond donors (Lipinski definition) is 1. The second-order valence-corrected chi connectivity index (χ2v) is 5.12. The molecule has 0 heterocycles. The summed E-state index contributed by atoms with van der Waals surface area (Å²) in [4.78, 5) is 21.0. The number of carbonyl (C=O) groups is 1. The van der Waals surface area contributed by atoms with Crippen LogP contribution in [0.3, 0.4) is 0 Å². The number of aryl methyl sites for hydroxylation is 2. The lowest BCUT2D eigenvalue weighted by atomic mass is 10.1. The summed E-state index contributed by atoms with van der Waals surface area (Å²) in [6.45, 7) is 0. The van der Waals surface area contributed by atoms with E-state index in [4.69, 9.17) is 4.74 Å². The average molecular weight is 298 g/mol. The van der Waals surface area contributed by atoms with E-state index < -0.39 is 4.92 Å². The van der Waals surface area contributed by atoms with E-state index in [1.54, 1.807) is 6.07 Å². The highest BCUT2D eigenvalue weighted by Gasteiger charge is 2.14. The number of hydrogen-bond acceptors (Lipinski definition) is 4. The summed E-state index contributed by atoms with van der Waals surface area (Å²) in [7, 11) is 0. The second kappa shape index (κ2) is 5.85. The molecule has 3 rings (SSSR count). The summed E-state index contributed by atoms with van der Waals surface area (Å²) in [5.74, 6) is 0.953. The number of nitro benzene ring substituents is 1. The van der Waals surface area contributed by atoms with Crippen molar-refractivity contribution in [3.05, 3.63) is 57.6 Å². The molecule has 1 amide bonds. The molecule has 0 saturated carbocycles. The molecule has 0 radical (unpaired) electrons. The maximum absolute atomic E-state index is 10.9. The highest BCUT2D eigenvalue weighted by molar-refractivity contribution is 5.73. The Kier molecular flexibility index (Phi) is 3.74. The van der Waals surface area contributed by atoms with Gasteiger partial charge in [-0.3, -0.25) is 14.9 Å². The fourth-order valence-corrected chi connectivity index (χ4v) is 2.65. The molecule has 0 aromatic heterocycles. The van der Waals surface area contributed by atoms with E-state index in [-0.39, 0.29) is 5.69 Å². The Morgan fingerprint density at radius 2 is 1.91 bits per heavy atom. The normalized spacial score (nSPS) is 12.5. The number of non-ortho nitro benzene ring substituents is 1. The van der Waals surface area contributed by atoms with Crippen LogP contribution in [0, 0.1) is 10.1 Å². The second-order valence-electron chi connectivity index (χ2n) is 5.12. The van der Waals surface area contributed by atoms with Gasteiger partial charge < -0.3 is 10.1 Å². The average Bonchev–Trinajstić information content (AvgIpc) is 2.95. The van der Waals surface area contributed by atoms with Gasteiger partial charge in [0.2, 0.25) is 6.41 Å². The van der Waals surface area contributed by atoms with Crippen molar-refractivity contribution in [1.29, 1.82) is 0 Å². The molecule has 6 nitrogen and oxygen atoms in total. The highest BCUT2D eigenvalue weighted by Crippen LogP contribution is 2.32. The number of fused-ring (bicyclic) bond motifs is 1. The van der Waals surface area contributed by atoms with Crippen molar-refractivity contribution in [3.8, 4) is 11.5 Å². The van der Waals surface area contributed by atoms with Crippen LogP contribution in [0.1, 0.15) is 17.5 Å². The maximum atomic E-state index is 10.9. The summed E-state index contributed by atoms with van der Waals surface area (Å²) < 4.78 is 5.72. The van der Waals surface area contributed by atoms with Gasteiger partial charge in [-0.25, -0.2) is 0 Å². The molecule has 0 bridgehead atoms. The molecule has 0 aliphatic heterocycles. The number of rotatable bonds is 5. The lowest BCUT2D eigenvalue weighted by molar-refractivity contribution is -0.384. The van der Waals surface area contributed by atoms with Crippen molar-refractivity contribution in [3.63, 3.8) is 0 Å². The van der Waals surface area contributed by atoms with Crippen molar-refractivity contribution in [2.75, 3.05) is 5.32 Å². The Morgan fingerprint density at radius 1 is 1.09 bits per heavy atom. The van der Waals surface area contributed by atoms with Crippen LogP contribution in [-0.2, 0) is 17.6 Å². The summed E-state index contributed by atoms with van der Waals surface area (Å²) >= 11 is 0. The number of nitrogens with one attached hydrogen (secondary N) is 1. The summed E-state index contributed by atoms with van der Waals surface area (Å²) in [6, 6.07) is 10.0. The number of nitro groups is 1. The van der Waals surface area contributed by atoms with Gasteiger partial charge in [0.05, 0.1) is 16.7 Å². The van der Waals surface area contributed by atoms with Crippen molar-refractivity contribution in [1.82, 2.24) is 0 Å². The highest BCUT2D eigenvalue weighted by atomic mass is 16.6. The third kappa shape index (κ3) is 2.90. The third-order valence-corrected chi connectivity index (χ3v) is 3.63. The predicted molar refractivity (Wildman–Crippen MR) is 81.3 cm³/mol. The number of benzene rings is 2. The van der Waals surface area contributed by atoms with E-state index in [2.05, 4.69) is 5.32 Å². The van der Waals surface area contributed by atoms with Crippen LogP contribution >= 0.6 is 0 Å². The van der Waals surface area contributed by atoms with Crippen LogP contribution in [0.15, 0.2) is 36.4 Å². The molecule has 0 fully saturated rings. The lowest BCUT2D eigenvalue weighted by Gasteiger charge is -2.09. The zero-order valence-electron chi connectivity index (χ0n) is 11.7. The number of nitrogens with zero attached hydrogens (tertiary/aromatic N) is 1. The van der Waals surface area contributed by atoms with Crippen molar-refractivity contribution in [2.24, 2.45) is 0 Å². The van der Waals surface area contributed by atoms with Gasteiger partial charge in [-0.05, 0) is 42.5 Å². The SMILES string of the molecule is O=CNc1cc(Oc2ccc3c(c2)CCC3)cc([N+](=O)[O-])c1. The van der Waals surface area contributed by atoms with Gasteiger partial charge in [0.15, 0.2) is 0 Å². The Balaban J connectivity index is 1.90. The molecule has 1 aliphatic carbocycles. The molecule has 0 unspecified atom stereocenters. The Morgan fingerprint density at radius 3 is 2.68 bits per heavy atom. The number of anilines is 1. The monoisotopic (exact) mass is 298 g/mol. The minimum Gasteiger partial charge on any atom is -0.457 e. The smallest absolute Gasteiger partial charge is 0.275 e. The first-order chi connectivity index (χ1) is 10.7. The molecule has 0 atom stereocenters. The molecule has 112 valence electrons. The van der Waals surface area contributed by atoms with Gasteiger partial charge in [-0.15, -0.1) is 0 Å². The van der Waals surface area contributed by atoms with Gasteiger partial charge in [0.25, 0.3) is 5.69 Å². The first kappa shape index (κ1) is 14.1. The molecule has 0 spiro atoms. The molecule has 0 saturated heterocycles. The summed E-state index contributed by atoms with van der Waals surface area (Å²) in [5.41, 5.74) is 2.77. The van der Waals surface area contributed by atoms with Gasteiger partial charge in [-0.1, -0.05) is 6.07 Å². The number of carbonyl (C=O) groups excluding carboxylic acids is 1. The van der Waals surface area contributed by atoms with E-state index in [0.29, 0.717) is 23.6 Å². The topological polar surface area (TPSA) is 81.5 Å². The lowest BCUT2D eigenvalue weighted by Crippen LogP contribution is -1.97. The van der Waals surface area contributed by atoms with Crippen LogP contribution in [0.5, 0.6) is 11.5 Å². The molecule has 22 heavy (non-hydrogen) atoms. The van der Waals surface area contributed by atoms with E-state index in [1.165, 1.54) is 23.3 Å². The summed E-state index contributed by atoms with van der Waals surface area (Å²) in [5, 5.41) is 13.4. The minimum atomic E-state index is -0.522. The van der Waals surface area contributed by atoms with Crippen LogP contribution in [0.4, 0.5) is 11.4 Å². The predicted octanol–water partition coefficient (Wildman–Crippen LogP) is 3.44. The molecule has 1 aliphatic rings. The number of amides is 1. The Hall–Kier alpha value is -2.89. The van der Waals surface area contributed by atoms with Crippen LogP contribution in [0.2, 0.25) is 0 Å². The van der Waals surface area contributed by atoms with Gasteiger partial charge >= 0.3 is 0 Å². The van der Waals surface area contributed by atoms with Gasteiger partial charge in [0.1, 0.15) is 11.5 Å². The minimum absolute atomic E-state index is 0.136. The van der Waals surface area contributed by atoms with Crippen LogP contribution in [-0.4, -0.2) is 11.3 Å². The third-order valence-electron chi connectivity index (χ3n) is 3.63. The molecule has 2 aromatic rings. The van der Waals surface area contributed by atoms with Crippen LogP contribution < -0.4 is 10.1 Å². The molecule has 2 aromatic carbocycles. The Bertz CT molecular complexity index is 743. The van der Waals surface area contributed by atoms with Gasteiger partial charge in [-0.2, -0.15) is 0 Å². The fourth-order valence-electron chi connectivity index (χ4n) is 2.65. The Labute approximate surface area is 126 Å². The molecular weight excluding hydrogens is 284 g/mol. The molecular formula is C16H14N2O4. The van der Waals surface area contributed by atoms with Gasteiger partial charge in [0, 0.05) is 12.1 Å².